The van der Waals surface area contributed by atoms with E-state index >= 15 is 0 Å². The second-order valence-electron chi connectivity index (χ2n) is 9.41. The highest BCUT2D eigenvalue weighted by Gasteiger charge is 2.47. The molecule has 1 saturated heterocycles. The van der Waals surface area contributed by atoms with E-state index in [9.17, 15) is 14.4 Å². The first-order chi connectivity index (χ1) is 16.3. The third-order valence-electron chi connectivity index (χ3n) is 6.43. The molecule has 1 saturated carbocycles. The van der Waals surface area contributed by atoms with Crippen LogP contribution in [-0.4, -0.2) is 36.0 Å². The summed E-state index contributed by atoms with van der Waals surface area (Å²) >= 11 is 0. The van der Waals surface area contributed by atoms with Crippen LogP contribution in [0.15, 0.2) is 42.5 Å². The number of hydrogen-bond donors (Lipinski definition) is 2. The molecule has 1 heterocycles. The van der Waals surface area contributed by atoms with Crippen molar-refractivity contribution < 1.29 is 23.9 Å². The van der Waals surface area contributed by atoms with Crippen molar-refractivity contribution in [3.8, 4) is 5.75 Å². The first-order valence-corrected chi connectivity index (χ1v) is 12.0. The Morgan fingerprint density at radius 3 is 2.29 bits per heavy atom. The number of nitrogens with one attached hydrogen (secondary N) is 2. The van der Waals surface area contributed by atoms with Crippen LogP contribution in [0.25, 0.3) is 0 Å². The Kier molecular flexibility index (Phi) is 7.32. The average Bonchev–Trinajstić information content (AvgIpc) is 3.47. The monoisotopic (exact) mass is 464 g/mol. The van der Waals surface area contributed by atoms with Crippen LogP contribution in [0.1, 0.15) is 55.2 Å². The maximum absolute atomic E-state index is 12.9. The zero-order valence-electron chi connectivity index (χ0n) is 19.8. The smallest absolute Gasteiger partial charge is 0.358 e. The molecule has 2 aromatic carbocycles. The summed E-state index contributed by atoms with van der Waals surface area (Å²) in [6.45, 7) is 4.75. The van der Waals surface area contributed by atoms with Gasteiger partial charge in [0.25, 0.3) is 0 Å². The normalized spacial score (nSPS) is 18.9. The summed E-state index contributed by atoms with van der Waals surface area (Å²) < 4.78 is 11.3. The van der Waals surface area contributed by atoms with Crippen LogP contribution < -0.4 is 15.4 Å². The quantitative estimate of drug-likeness (QED) is 0.475. The summed E-state index contributed by atoms with van der Waals surface area (Å²) in [5, 5.41) is 6.00. The molecule has 0 aromatic heterocycles. The molecule has 2 fully saturated rings. The van der Waals surface area contributed by atoms with Gasteiger partial charge in [-0.2, -0.15) is 0 Å². The van der Waals surface area contributed by atoms with Gasteiger partial charge in [0.15, 0.2) is 0 Å². The third-order valence-corrected chi connectivity index (χ3v) is 6.43. The average molecular weight is 465 g/mol. The minimum atomic E-state index is -1.14. The Hall–Kier alpha value is -3.19. The molecule has 2 aliphatic rings. The molecule has 180 valence electrons. The van der Waals surface area contributed by atoms with Crippen LogP contribution in [-0.2, 0) is 25.5 Å². The van der Waals surface area contributed by atoms with Gasteiger partial charge in [-0.15, -0.1) is 0 Å². The highest BCUT2D eigenvalue weighted by atomic mass is 16.6. The Labute approximate surface area is 200 Å². The fourth-order valence-electron chi connectivity index (χ4n) is 4.77. The number of aryl methyl sites for hydroxylation is 2. The van der Waals surface area contributed by atoms with E-state index in [2.05, 4.69) is 16.7 Å². The number of amides is 1. The van der Waals surface area contributed by atoms with Crippen molar-refractivity contribution in [2.75, 3.05) is 11.9 Å². The number of anilines is 1. The number of rotatable bonds is 7. The van der Waals surface area contributed by atoms with Crippen molar-refractivity contribution in [3.05, 3.63) is 59.2 Å². The van der Waals surface area contributed by atoms with Gasteiger partial charge < -0.3 is 20.1 Å². The molecule has 1 aliphatic heterocycles. The summed E-state index contributed by atoms with van der Waals surface area (Å²) in [6, 6.07) is 12.7. The van der Waals surface area contributed by atoms with Crippen LogP contribution in [0.3, 0.4) is 0 Å². The highest BCUT2D eigenvalue weighted by molar-refractivity contribution is 5.93. The molecule has 0 unspecified atom stereocenters. The van der Waals surface area contributed by atoms with E-state index in [1.165, 1.54) is 0 Å². The summed E-state index contributed by atoms with van der Waals surface area (Å²) in [6.07, 6.45) is 4.49. The fraction of sp³-hybridized carbons (Fsp3) is 0.444. The van der Waals surface area contributed by atoms with Crippen LogP contribution in [0.2, 0.25) is 0 Å². The lowest BCUT2D eigenvalue weighted by atomic mass is 10.0. The van der Waals surface area contributed by atoms with Gasteiger partial charge in [0, 0.05) is 5.69 Å². The van der Waals surface area contributed by atoms with Gasteiger partial charge in [-0.25, -0.2) is 9.59 Å². The number of carbonyl (C=O) groups is 3. The van der Waals surface area contributed by atoms with Crippen LogP contribution in [0, 0.1) is 13.8 Å². The second kappa shape index (κ2) is 10.4. The fourth-order valence-corrected chi connectivity index (χ4v) is 4.77. The molecule has 34 heavy (non-hydrogen) atoms. The summed E-state index contributed by atoms with van der Waals surface area (Å²) in [7, 11) is 0. The van der Waals surface area contributed by atoms with Crippen LogP contribution in [0.4, 0.5) is 5.69 Å². The molecule has 2 N–H and O–H groups in total. The number of ether oxygens (including phenoxy) is 2. The van der Waals surface area contributed by atoms with Crippen molar-refractivity contribution >= 4 is 23.5 Å². The molecule has 7 nitrogen and oxygen atoms in total. The lowest BCUT2D eigenvalue weighted by Crippen LogP contribution is -2.46. The standard InChI is InChI=1S/C27H32N2O5/c1-18-14-19(2)16-21(15-18)29-24(30)17-20-7-9-22(10-8-20)34-27(11-3-4-12-27)26(32)33-25(31)23-6-5-13-28-23/h7-10,14-16,23,28H,3-6,11-13,17H2,1-2H3,(H,29,30)/t23-/m0/s1. The Morgan fingerprint density at radius 1 is 1.00 bits per heavy atom. The lowest BCUT2D eigenvalue weighted by molar-refractivity contribution is -0.172. The number of hydrogen-bond acceptors (Lipinski definition) is 6. The van der Waals surface area contributed by atoms with E-state index in [1.54, 1.807) is 12.1 Å². The van der Waals surface area contributed by atoms with Gasteiger partial charge in [-0.1, -0.05) is 18.2 Å². The molecule has 0 spiro atoms. The maximum Gasteiger partial charge on any atom is 0.358 e. The minimum absolute atomic E-state index is 0.103. The first-order valence-electron chi connectivity index (χ1n) is 12.0. The summed E-state index contributed by atoms with van der Waals surface area (Å²) in [4.78, 5) is 37.7. The van der Waals surface area contributed by atoms with Crippen molar-refractivity contribution in [3.63, 3.8) is 0 Å². The lowest BCUT2D eigenvalue weighted by Gasteiger charge is -2.28. The number of benzene rings is 2. The first kappa shape index (κ1) is 24.0. The SMILES string of the molecule is Cc1cc(C)cc(NC(=O)Cc2ccc(OC3(C(=O)OC(=O)[C@@H]4CCCN4)CCCC3)cc2)c1. The molecule has 0 radical (unpaired) electrons. The summed E-state index contributed by atoms with van der Waals surface area (Å²) in [5.74, 6) is -0.722. The van der Waals surface area contributed by atoms with E-state index in [0.29, 0.717) is 25.0 Å². The topological polar surface area (TPSA) is 93.7 Å². The highest BCUT2D eigenvalue weighted by Crippen LogP contribution is 2.36. The van der Waals surface area contributed by atoms with Crippen LogP contribution >= 0.6 is 0 Å². The van der Waals surface area contributed by atoms with Gasteiger partial charge in [0.05, 0.1) is 6.42 Å². The van der Waals surface area contributed by atoms with E-state index in [0.717, 1.165) is 48.2 Å². The van der Waals surface area contributed by atoms with Gasteiger partial charge in [-0.3, -0.25) is 4.79 Å². The largest absolute Gasteiger partial charge is 0.476 e. The molecular weight excluding hydrogens is 432 g/mol. The molecule has 7 heteroatoms. The van der Waals surface area contributed by atoms with Gasteiger partial charge in [-0.05, 0) is 99.9 Å². The predicted molar refractivity (Wildman–Crippen MR) is 129 cm³/mol. The molecule has 2 aromatic rings. The zero-order chi connectivity index (χ0) is 24.1. The Bertz CT molecular complexity index is 1030. The summed E-state index contributed by atoms with van der Waals surface area (Å²) in [5.41, 5.74) is 2.66. The van der Waals surface area contributed by atoms with Crippen LogP contribution in [0.5, 0.6) is 5.75 Å². The Morgan fingerprint density at radius 2 is 1.68 bits per heavy atom. The van der Waals surface area contributed by atoms with Crippen molar-refractivity contribution in [2.45, 2.75) is 70.4 Å². The van der Waals surface area contributed by atoms with Gasteiger partial charge in [0.1, 0.15) is 11.8 Å². The minimum Gasteiger partial charge on any atom is -0.476 e. The molecule has 1 amide bonds. The van der Waals surface area contributed by atoms with E-state index in [-0.39, 0.29) is 12.3 Å². The van der Waals surface area contributed by atoms with Crippen molar-refractivity contribution in [1.29, 1.82) is 0 Å². The zero-order valence-corrected chi connectivity index (χ0v) is 19.8. The molecular formula is C27H32N2O5. The second-order valence-corrected chi connectivity index (χ2v) is 9.41. The molecule has 0 bridgehead atoms. The van der Waals surface area contributed by atoms with E-state index in [1.807, 2.05) is 38.1 Å². The number of carbonyl (C=O) groups excluding carboxylic acids is 3. The predicted octanol–water partition coefficient (Wildman–Crippen LogP) is 4.00. The van der Waals surface area contributed by atoms with Crippen molar-refractivity contribution in [2.24, 2.45) is 0 Å². The van der Waals surface area contributed by atoms with Gasteiger partial charge >= 0.3 is 11.9 Å². The molecule has 1 atom stereocenters. The van der Waals surface area contributed by atoms with E-state index in [4.69, 9.17) is 9.47 Å². The van der Waals surface area contributed by atoms with Gasteiger partial charge in [0.2, 0.25) is 11.5 Å². The molecule has 4 rings (SSSR count). The third kappa shape index (κ3) is 5.83. The maximum atomic E-state index is 12.9. The molecule has 1 aliphatic carbocycles. The Balaban J connectivity index is 1.36. The van der Waals surface area contributed by atoms with Crippen molar-refractivity contribution in [1.82, 2.24) is 5.32 Å². The number of esters is 2. The van der Waals surface area contributed by atoms with E-state index < -0.39 is 23.6 Å².